The number of piperidine rings is 1. The van der Waals surface area contributed by atoms with E-state index in [2.05, 4.69) is 20.7 Å². The van der Waals surface area contributed by atoms with Gasteiger partial charge in [-0.05, 0) is 54.2 Å². The standard InChI is InChI=1S/C24H27FN4O2S/c1-31-21-4-2-3-19(13-21)14-22-27-24(32-28-22)29-11-9-18(10-12-29)16-26-23(30)15-17-5-7-20(25)8-6-17/h2-8,13,18H,9-12,14-16H2,1H3,(H,26,30). The summed E-state index contributed by atoms with van der Waals surface area (Å²) in [6.45, 7) is 2.49. The van der Waals surface area contributed by atoms with Crippen LogP contribution in [0.5, 0.6) is 5.75 Å². The van der Waals surface area contributed by atoms with Gasteiger partial charge in [0, 0.05) is 37.6 Å². The molecule has 1 saturated heterocycles. The van der Waals surface area contributed by atoms with Gasteiger partial charge < -0.3 is 15.0 Å². The van der Waals surface area contributed by atoms with Gasteiger partial charge in [0.25, 0.3) is 0 Å². The minimum absolute atomic E-state index is 0.0228. The molecule has 1 aromatic heterocycles. The smallest absolute Gasteiger partial charge is 0.224 e. The van der Waals surface area contributed by atoms with Gasteiger partial charge >= 0.3 is 0 Å². The molecule has 0 unspecified atom stereocenters. The maximum atomic E-state index is 13.0. The maximum absolute atomic E-state index is 13.0. The zero-order valence-corrected chi connectivity index (χ0v) is 18.9. The Labute approximate surface area is 191 Å². The van der Waals surface area contributed by atoms with Crippen LogP contribution in [0.2, 0.25) is 0 Å². The highest BCUT2D eigenvalue weighted by Crippen LogP contribution is 2.25. The van der Waals surface area contributed by atoms with Crippen LogP contribution in [0, 0.1) is 11.7 Å². The summed E-state index contributed by atoms with van der Waals surface area (Å²) < 4.78 is 22.8. The second-order valence-electron chi connectivity index (χ2n) is 8.06. The number of hydrogen-bond donors (Lipinski definition) is 1. The number of benzene rings is 2. The fourth-order valence-corrected chi connectivity index (χ4v) is 4.58. The number of hydrogen-bond acceptors (Lipinski definition) is 6. The van der Waals surface area contributed by atoms with E-state index in [9.17, 15) is 9.18 Å². The summed E-state index contributed by atoms with van der Waals surface area (Å²) >= 11 is 1.44. The molecule has 0 aliphatic carbocycles. The molecule has 0 saturated carbocycles. The van der Waals surface area contributed by atoms with Gasteiger partial charge in [-0.15, -0.1) is 0 Å². The zero-order valence-electron chi connectivity index (χ0n) is 18.1. The number of rotatable bonds is 8. The molecule has 2 heterocycles. The van der Waals surface area contributed by atoms with Crippen LogP contribution in [0.15, 0.2) is 48.5 Å². The number of ether oxygens (including phenoxy) is 1. The van der Waals surface area contributed by atoms with Crippen molar-refractivity contribution < 1.29 is 13.9 Å². The molecular formula is C24H27FN4O2S. The highest BCUT2D eigenvalue weighted by atomic mass is 32.1. The van der Waals surface area contributed by atoms with E-state index in [0.717, 1.165) is 53.8 Å². The molecule has 0 atom stereocenters. The van der Waals surface area contributed by atoms with E-state index in [1.54, 1.807) is 19.2 Å². The predicted molar refractivity (Wildman–Crippen MR) is 124 cm³/mol. The summed E-state index contributed by atoms with van der Waals surface area (Å²) in [6, 6.07) is 14.0. The lowest BCUT2D eigenvalue weighted by atomic mass is 9.97. The van der Waals surface area contributed by atoms with Crippen LogP contribution in [0.4, 0.5) is 9.52 Å². The van der Waals surface area contributed by atoms with Crippen molar-refractivity contribution in [1.82, 2.24) is 14.7 Å². The molecule has 4 rings (SSSR count). The van der Waals surface area contributed by atoms with Crippen molar-refractivity contribution >= 4 is 22.6 Å². The number of nitrogens with one attached hydrogen (secondary N) is 1. The average Bonchev–Trinajstić information content (AvgIpc) is 3.28. The van der Waals surface area contributed by atoms with Crippen molar-refractivity contribution in [1.29, 1.82) is 0 Å². The van der Waals surface area contributed by atoms with Crippen LogP contribution in [-0.2, 0) is 17.6 Å². The molecule has 8 heteroatoms. The van der Waals surface area contributed by atoms with E-state index < -0.39 is 0 Å². The number of halogens is 1. The molecule has 1 aliphatic rings. The largest absolute Gasteiger partial charge is 0.497 e. The van der Waals surface area contributed by atoms with Gasteiger partial charge in [-0.2, -0.15) is 4.37 Å². The second-order valence-corrected chi connectivity index (χ2v) is 8.79. The van der Waals surface area contributed by atoms with Gasteiger partial charge in [-0.1, -0.05) is 24.3 Å². The molecule has 0 bridgehead atoms. The van der Waals surface area contributed by atoms with Crippen LogP contribution < -0.4 is 15.0 Å². The Bertz CT molecular complexity index is 1030. The summed E-state index contributed by atoms with van der Waals surface area (Å²) in [6.07, 6.45) is 2.97. The Morgan fingerprint density at radius 1 is 1.19 bits per heavy atom. The Morgan fingerprint density at radius 2 is 1.97 bits per heavy atom. The minimum atomic E-state index is -0.288. The predicted octanol–water partition coefficient (Wildman–Crippen LogP) is 3.85. The van der Waals surface area contributed by atoms with E-state index in [-0.39, 0.29) is 18.1 Å². The summed E-state index contributed by atoms with van der Waals surface area (Å²) in [7, 11) is 1.67. The van der Waals surface area contributed by atoms with Gasteiger partial charge in [-0.25, -0.2) is 9.37 Å². The fraction of sp³-hybridized carbons (Fsp3) is 0.375. The number of anilines is 1. The molecule has 0 spiro atoms. The molecule has 32 heavy (non-hydrogen) atoms. The first kappa shape index (κ1) is 22.2. The summed E-state index contributed by atoms with van der Waals surface area (Å²) in [4.78, 5) is 19.2. The Kier molecular flexibility index (Phi) is 7.32. The fourth-order valence-electron chi connectivity index (χ4n) is 3.85. The second kappa shape index (κ2) is 10.5. The average molecular weight is 455 g/mol. The van der Waals surface area contributed by atoms with Crippen molar-refractivity contribution in [2.75, 3.05) is 31.6 Å². The summed E-state index contributed by atoms with van der Waals surface area (Å²) in [5, 5.41) is 3.98. The van der Waals surface area contributed by atoms with Crippen molar-refractivity contribution in [3.8, 4) is 5.75 Å². The van der Waals surface area contributed by atoms with Crippen LogP contribution in [-0.4, -0.2) is 42.0 Å². The highest BCUT2D eigenvalue weighted by Gasteiger charge is 2.22. The summed E-state index contributed by atoms with van der Waals surface area (Å²) in [5.74, 6) is 1.81. The first-order valence-corrected chi connectivity index (χ1v) is 11.6. The van der Waals surface area contributed by atoms with E-state index >= 15 is 0 Å². The quantitative estimate of drug-likeness (QED) is 0.560. The van der Waals surface area contributed by atoms with Crippen LogP contribution >= 0.6 is 11.5 Å². The van der Waals surface area contributed by atoms with Gasteiger partial charge in [0.15, 0.2) is 0 Å². The molecule has 168 valence electrons. The Hall–Kier alpha value is -3.00. The molecular weight excluding hydrogens is 427 g/mol. The zero-order chi connectivity index (χ0) is 22.3. The lowest BCUT2D eigenvalue weighted by Crippen LogP contribution is -2.39. The topological polar surface area (TPSA) is 67.3 Å². The van der Waals surface area contributed by atoms with Crippen LogP contribution in [0.1, 0.15) is 29.8 Å². The minimum Gasteiger partial charge on any atom is -0.497 e. The highest BCUT2D eigenvalue weighted by molar-refractivity contribution is 7.09. The number of carbonyl (C=O) groups is 1. The first-order valence-electron chi connectivity index (χ1n) is 10.8. The normalized spacial score (nSPS) is 14.4. The maximum Gasteiger partial charge on any atom is 0.224 e. The SMILES string of the molecule is COc1cccc(Cc2nsc(N3CCC(CNC(=O)Cc4ccc(F)cc4)CC3)n2)c1. The number of aromatic nitrogens is 2. The molecule has 0 radical (unpaired) electrons. The van der Waals surface area contributed by atoms with Crippen molar-refractivity contribution in [3.05, 3.63) is 71.3 Å². The first-order chi connectivity index (χ1) is 15.6. The van der Waals surface area contributed by atoms with E-state index in [4.69, 9.17) is 9.72 Å². The molecule has 2 aromatic carbocycles. The number of carbonyl (C=O) groups excluding carboxylic acids is 1. The van der Waals surface area contributed by atoms with Crippen molar-refractivity contribution in [2.24, 2.45) is 5.92 Å². The van der Waals surface area contributed by atoms with Gasteiger partial charge in [0.2, 0.25) is 11.0 Å². The number of nitrogens with zero attached hydrogens (tertiary/aromatic N) is 3. The number of methoxy groups -OCH3 is 1. The monoisotopic (exact) mass is 454 g/mol. The number of amides is 1. The molecule has 6 nitrogen and oxygen atoms in total. The van der Waals surface area contributed by atoms with E-state index in [1.165, 1.54) is 23.7 Å². The van der Waals surface area contributed by atoms with Crippen molar-refractivity contribution in [2.45, 2.75) is 25.7 Å². The lowest BCUT2D eigenvalue weighted by Gasteiger charge is -2.31. The van der Waals surface area contributed by atoms with Crippen LogP contribution in [0.3, 0.4) is 0 Å². The molecule has 1 amide bonds. The molecule has 1 fully saturated rings. The van der Waals surface area contributed by atoms with Gasteiger partial charge in [0.05, 0.1) is 13.5 Å². The lowest BCUT2D eigenvalue weighted by molar-refractivity contribution is -0.120. The van der Waals surface area contributed by atoms with Crippen LogP contribution in [0.25, 0.3) is 0 Å². The third-order valence-electron chi connectivity index (χ3n) is 5.70. The molecule has 1 N–H and O–H groups in total. The third-order valence-corrected chi connectivity index (χ3v) is 6.52. The third kappa shape index (κ3) is 6.03. The molecule has 3 aromatic rings. The summed E-state index contributed by atoms with van der Waals surface area (Å²) in [5.41, 5.74) is 1.95. The van der Waals surface area contributed by atoms with Gasteiger partial charge in [0.1, 0.15) is 17.4 Å². The Balaban J connectivity index is 1.21. The van der Waals surface area contributed by atoms with E-state index in [0.29, 0.717) is 18.9 Å². The molecule has 1 aliphatic heterocycles. The van der Waals surface area contributed by atoms with Gasteiger partial charge in [-0.3, -0.25) is 4.79 Å². The van der Waals surface area contributed by atoms with Crippen molar-refractivity contribution in [3.63, 3.8) is 0 Å². The Morgan fingerprint density at radius 3 is 2.72 bits per heavy atom. The van der Waals surface area contributed by atoms with E-state index in [1.807, 2.05) is 18.2 Å².